The van der Waals surface area contributed by atoms with Crippen molar-refractivity contribution < 1.29 is 32.3 Å². The van der Waals surface area contributed by atoms with Gasteiger partial charge >= 0.3 is 12.2 Å². The first-order valence-electron chi connectivity index (χ1n) is 7.22. The van der Waals surface area contributed by atoms with Crippen molar-refractivity contribution in [2.45, 2.75) is 18.6 Å². The van der Waals surface area contributed by atoms with E-state index in [0.717, 1.165) is 12.1 Å². The van der Waals surface area contributed by atoms with Crippen LogP contribution in [0.3, 0.4) is 0 Å². The van der Waals surface area contributed by atoms with Crippen molar-refractivity contribution in [3.05, 3.63) is 28.8 Å². The number of alkyl halides is 3. The molecule has 0 aliphatic heterocycles. The highest BCUT2D eigenvalue weighted by Gasteiger charge is 2.31. The third-order valence-electron chi connectivity index (χ3n) is 3.06. The number of amides is 2. The van der Waals surface area contributed by atoms with Gasteiger partial charge in [0.15, 0.2) is 0 Å². The number of hydrogen-bond acceptors (Lipinski definition) is 3. The number of carbonyl (C=O) groups excluding carboxylic acids is 2. The summed E-state index contributed by atoms with van der Waals surface area (Å²) in [5.41, 5.74) is -0.965. The Bertz CT molecular complexity index is 645. The molecule has 140 valence electrons. The number of rotatable bonds is 6. The van der Waals surface area contributed by atoms with E-state index in [1.165, 1.54) is 0 Å². The zero-order valence-electron chi connectivity index (χ0n) is 13.9. The van der Waals surface area contributed by atoms with E-state index in [9.17, 15) is 27.9 Å². The van der Waals surface area contributed by atoms with Gasteiger partial charge in [0.2, 0.25) is 0 Å². The van der Waals surface area contributed by atoms with Crippen LogP contribution in [0, 0.1) is 0 Å². The lowest BCUT2D eigenvalue weighted by atomic mass is 10.2. The van der Waals surface area contributed by atoms with Crippen molar-refractivity contribution >= 4 is 29.3 Å². The van der Waals surface area contributed by atoms with E-state index in [1.807, 2.05) is 21.1 Å². The molecular weight excluding hydrogens is 363 g/mol. The van der Waals surface area contributed by atoms with Gasteiger partial charge in [0.1, 0.15) is 0 Å². The van der Waals surface area contributed by atoms with Gasteiger partial charge in [-0.2, -0.15) is 13.2 Å². The first-order valence-corrected chi connectivity index (χ1v) is 7.60. The molecule has 2 N–H and O–H groups in total. The van der Waals surface area contributed by atoms with Crippen LogP contribution in [0.4, 0.5) is 23.7 Å². The molecule has 0 radical (unpaired) electrons. The zero-order valence-corrected chi connectivity index (χ0v) is 14.7. The molecule has 1 rings (SSSR count). The summed E-state index contributed by atoms with van der Waals surface area (Å²) >= 11 is 5.76. The molecule has 0 spiro atoms. The maximum Gasteiger partial charge on any atom is 0.416 e. The van der Waals surface area contributed by atoms with Crippen LogP contribution in [0.2, 0.25) is 5.02 Å². The highest BCUT2D eigenvalue weighted by molar-refractivity contribution is 6.33. The number of urea groups is 1. The minimum absolute atomic E-state index is 0.0235. The lowest BCUT2D eigenvalue weighted by molar-refractivity contribution is -0.871. The Morgan fingerprint density at radius 1 is 1.28 bits per heavy atom. The number of carbonyl (C=O) groups is 2. The maximum atomic E-state index is 12.6. The van der Waals surface area contributed by atoms with E-state index in [4.69, 9.17) is 11.6 Å². The monoisotopic (exact) mass is 381 g/mol. The summed E-state index contributed by atoms with van der Waals surface area (Å²) in [6, 6.07) is 1.01. The predicted octanol–water partition coefficient (Wildman–Crippen LogP) is 1.70. The van der Waals surface area contributed by atoms with E-state index in [0.29, 0.717) is 17.1 Å². The number of nitrogens with zero attached hydrogens (tertiary/aromatic N) is 1. The van der Waals surface area contributed by atoms with Crippen LogP contribution in [0.25, 0.3) is 0 Å². The minimum atomic E-state index is -4.55. The van der Waals surface area contributed by atoms with E-state index in [-0.39, 0.29) is 10.7 Å². The van der Waals surface area contributed by atoms with Gasteiger partial charge in [-0.3, -0.25) is 0 Å². The standard InChI is InChI=1S/C15H19ClF3N3O3/c1-22(2,3)8-10(7-13(23)24)20-14(25)21-12-5-4-9(6-11(12)16)15(17,18)19/h4-6,10H,7-8H2,1-3H3,(H2-,20,21,23,24,25). The Balaban J connectivity index is 2.81. The average molecular weight is 382 g/mol. The predicted molar refractivity (Wildman–Crippen MR) is 84.9 cm³/mol. The molecule has 1 aromatic rings. The molecule has 0 fully saturated rings. The quantitative estimate of drug-likeness (QED) is 0.736. The Hall–Kier alpha value is -2.00. The van der Waals surface area contributed by atoms with E-state index < -0.39 is 36.2 Å². The summed E-state index contributed by atoms with van der Waals surface area (Å²) in [7, 11) is 5.44. The van der Waals surface area contributed by atoms with E-state index >= 15 is 0 Å². The van der Waals surface area contributed by atoms with E-state index in [2.05, 4.69) is 10.6 Å². The van der Waals surface area contributed by atoms with Gasteiger partial charge in [0, 0.05) is 12.4 Å². The number of aliphatic carboxylic acids is 1. The first-order chi connectivity index (χ1) is 11.3. The Kier molecular flexibility index (Phi) is 6.67. The van der Waals surface area contributed by atoms with Crippen molar-refractivity contribution in [3.63, 3.8) is 0 Å². The van der Waals surface area contributed by atoms with Gasteiger partial charge in [-0.05, 0) is 18.2 Å². The third-order valence-corrected chi connectivity index (χ3v) is 3.37. The molecule has 0 saturated heterocycles. The number of quaternary nitrogens is 1. The number of carboxylic acid groups (broad SMARTS) is 1. The number of likely N-dealkylation sites (N-methyl/N-ethyl adjacent to an activating group) is 1. The average Bonchev–Trinajstić information content (AvgIpc) is 2.36. The molecule has 1 unspecified atom stereocenters. The van der Waals surface area contributed by atoms with Crippen molar-refractivity contribution in [2.24, 2.45) is 0 Å². The molecule has 1 atom stereocenters. The van der Waals surface area contributed by atoms with Gasteiger partial charge in [-0.15, -0.1) is 0 Å². The molecule has 0 aliphatic rings. The largest absolute Gasteiger partial charge is 0.550 e. The van der Waals surface area contributed by atoms with Gasteiger partial charge in [0.05, 0.1) is 50.0 Å². The maximum absolute atomic E-state index is 12.6. The van der Waals surface area contributed by atoms with Gasteiger partial charge in [-0.25, -0.2) is 4.79 Å². The molecular formula is C15H19ClF3N3O3. The Morgan fingerprint density at radius 3 is 2.32 bits per heavy atom. The second-order valence-corrected chi connectivity index (χ2v) is 6.94. The highest BCUT2D eigenvalue weighted by atomic mass is 35.5. The van der Waals surface area contributed by atoms with Crippen LogP contribution >= 0.6 is 11.6 Å². The third kappa shape index (κ3) is 7.61. The molecule has 10 heteroatoms. The lowest BCUT2D eigenvalue weighted by Crippen LogP contribution is -2.51. The van der Waals surface area contributed by atoms with Gasteiger partial charge in [-0.1, -0.05) is 11.6 Å². The number of carboxylic acids is 1. The summed E-state index contributed by atoms with van der Waals surface area (Å²) in [6.07, 6.45) is -4.95. The van der Waals surface area contributed by atoms with Crippen LogP contribution in [-0.4, -0.2) is 50.2 Å². The molecule has 0 aromatic heterocycles. The fourth-order valence-corrected chi connectivity index (χ4v) is 2.39. The fourth-order valence-electron chi connectivity index (χ4n) is 2.16. The first kappa shape index (κ1) is 21.0. The molecule has 0 bridgehead atoms. The smallest absolute Gasteiger partial charge is 0.416 e. The Labute approximate surface area is 148 Å². The highest BCUT2D eigenvalue weighted by Crippen LogP contribution is 2.33. The van der Waals surface area contributed by atoms with Crippen LogP contribution in [0.5, 0.6) is 0 Å². The summed E-state index contributed by atoms with van der Waals surface area (Å²) in [5.74, 6) is -1.33. The SMILES string of the molecule is C[N+](C)(C)CC(CC(=O)[O-])NC(=O)Nc1ccc(C(F)(F)F)cc1Cl. The number of benzene rings is 1. The number of hydrogen-bond donors (Lipinski definition) is 2. The summed E-state index contributed by atoms with van der Waals surface area (Å²) < 4.78 is 38.2. The molecule has 0 saturated carbocycles. The lowest BCUT2D eigenvalue weighted by Gasteiger charge is -2.30. The second kappa shape index (κ2) is 7.92. The molecule has 0 aliphatic carbocycles. The number of halogens is 4. The van der Waals surface area contributed by atoms with Crippen molar-refractivity contribution in [2.75, 3.05) is 33.0 Å². The van der Waals surface area contributed by atoms with Crippen molar-refractivity contribution in [3.8, 4) is 0 Å². The van der Waals surface area contributed by atoms with Crippen LogP contribution in [0.15, 0.2) is 18.2 Å². The summed E-state index contributed by atoms with van der Waals surface area (Å²) in [4.78, 5) is 22.8. The van der Waals surface area contributed by atoms with Crippen LogP contribution in [0.1, 0.15) is 12.0 Å². The molecule has 2 amide bonds. The normalized spacial score (nSPS) is 13.2. The van der Waals surface area contributed by atoms with Gasteiger partial charge in [0.25, 0.3) is 0 Å². The molecule has 6 nitrogen and oxygen atoms in total. The molecule has 0 heterocycles. The summed E-state index contributed by atoms with van der Waals surface area (Å²) in [6.45, 7) is 0.308. The van der Waals surface area contributed by atoms with Crippen LogP contribution in [-0.2, 0) is 11.0 Å². The van der Waals surface area contributed by atoms with Crippen molar-refractivity contribution in [1.82, 2.24) is 5.32 Å². The van der Waals surface area contributed by atoms with Crippen LogP contribution < -0.4 is 15.7 Å². The topological polar surface area (TPSA) is 81.3 Å². The number of nitrogens with one attached hydrogen (secondary N) is 2. The number of anilines is 1. The molecule has 1 aromatic carbocycles. The second-order valence-electron chi connectivity index (χ2n) is 6.54. The fraction of sp³-hybridized carbons (Fsp3) is 0.467. The summed E-state index contributed by atoms with van der Waals surface area (Å²) in [5, 5.41) is 15.3. The van der Waals surface area contributed by atoms with E-state index in [1.54, 1.807) is 0 Å². The molecule has 25 heavy (non-hydrogen) atoms. The van der Waals surface area contributed by atoms with Crippen molar-refractivity contribution in [1.29, 1.82) is 0 Å². The zero-order chi connectivity index (χ0) is 19.4. The Morgan fingerprint density at radius 2 is 1.88 bits per heavy atom. The minimum Gasteiger partial charge on any atom is -0.550 e. The van der Waals surface area contributed by atoms with Gasteiger partial charge < -0.3 is 25.0 Å².